The smallest absolute Gasteiger partial charge is 0.273 e. The SMILES string of the molecule is CCC1(CC)C[C@@H](NC(=O)c2ccc(N(C)S(=O)(=O)c3cccs3)cc2)c2ccccc2O1. The highest BCUT2D eigenvalue weighted by Gasteiger charge is 2.39. The summed E-state index contributed by atoms with van der Waals surface area (Å²) in [5, 5.41) is 4.90. The number of para-hydroxylation sites is 1. The molecule has 4 rings (SSSR count). The molecule has 2 aromatic carbocycles. The first-order valence-corrected chi connectivity index (χ1v) is 13.3. The fraction of sp³-hybridized carbons (Fsp3) is 0.320. The zero-order valence-corrected chi connectivity index (χ0v) is 20.6. The van der Waals surface area contributed by atoms with Crippen molar-refractivity contribution in [2.45, 2.75) is 49.0 Å². The molecule has 0 aliphatic carbocycles. The number of amides is 1. The van der Waals surface area contributed by atoms with E-state index in [1.165, 1.54) is 22.7 Å². The van der Waals surface area contributed by atoms with Gasteiger partial charge in [-0.05, 0) is 54.6 Å². The van der Waals surface area contributed by atoms with Crippen molar-refractivity contribution < 1.29 is 17.9 Å². The quantitative estimate of drug-likeness (QED) is 0.488. The number of sulfonamides is 1. The van der Waals surface area contributed by atoms with Crippen LogP contribution in [0, 0.1) is 0 Å². The van der Waals surface area contributed by atoms with E-state index in [9.17, 15) is 13.2 Å². The Bertz CT molecular complexity index is 1220. The lowest BCUT2D eigenvalue weighted by Gasteiger charge is -2.41. The van der Waals surface area contributed by atoms with Crippen LogP contribution in [0.1, 0.15) is 55.1 Å². The fourth-order valence-electron chi connectivity index (χ4n) is 4.18. The Kier molecular flexibility index (Phi) is 6.50. The molecule has 6 nitrogen and oxygen atoms in total. The molecule has 174 valence electrons. The molecule has 2 heterocycles. The van der Waals surface area contributed by atoms with E-state index in [0.29, 0.717) is 17.7 Å². The van der Waals surface area contributed by atoms with E-state index in [0.717, 1.165) is 24.2 Å². The van der Waals surface area contributed by atoms with Crippen LogP contribution in [-0.4, -0.2) is 27.0 Å². The second-order valence-electron chi connectivity index (χ2n) is 8.21. The van der Waals surface area contributed by atoms with E-state index in [-0.39, 0.29) is 21.8 Å². The Morgan fingerprint density at radius 3 is 2.42 bits per heavy atom. The first kappa shape index (κ1) is 23.3. The van der Waals surface area contributed by atoms with Gasteiger partial charge >= 0.3 is 0 Å². The molecule has 1 N–H and O–H groups in total. The van der Waals surface area contributed by atoms with Gasteiger partial charge in [-0.15, -0.1) is 11.3 Å². The summed E-state index contributed by atoms with van der Waals surface area (Å²) in [6.07, 6.45) is 2.40. The van der Waals surface area contributed by atoms with Crippen LogP contribution < -0.4 is 14.4 Å². The van der Waals surface area contributed by atoms with Crippen LogP contribution in [0.4, 0.5) is 5.69 Å². The molecule has 0 radical (unpaired) electrons. The summed E-state index contributed by atoms with van der Waals surface area (Å²) in [5.74, 6) is 0.613. The first-order valence-electron chi connectivity index (χ1n) is 11.0. The maximum atomic E-state index is 13.1. The van der Waals surface area contributed by atoms with E-state index < -0.39 is 10.0 Å². The van der Waals surface area contributed by atoms with Gasteiger partial charge in [0.05, 0.1) is 11.7 Å². The predicted molar refractivity (Wildman–Crippen MR) is 132 cm³/mol. The molecular weight excluding hydrogens is 456 g/mol. The van der Waals surface area contributed by atoms with Gasteiger partial charge in [-0.25, -0.2) is 8.42 Å². The van der Waals surface area contributed by atoms with Gasteiger partial charge in [0.2, 0.25) is 0 Å². The van der Waals surface area contributed by atoms with Crippen molar-refractivity contribution in [3.63, 3.8) is 0 Å². The van der Waals surface area contributed by atoms with Gasteiger partial charge in [0, 0.05) is 24.6 Å². The molecule has 8 heteroatoms. The average Bonchev–Trinajstić information content (AvgIpc) is 3.39. The monoisotopic (exact) mass is 484 g/mol. The molecule has 0 bridgehead atoms. The second-order valence-corrected chi connectivity index (χ2v) is 11.4. The van der Waals surface area contributed by atoms with E-state index >= 15 is 0 Å². The number of ether oxygens (including phenoxy) is 1. The Balaban J connectivity index is 1.53. The molecule has 0 saturated carbocycles. The zero-order valence-electron chi connectivity index (χ0n) is 18.9. The lowest BCUT2D eigenvalue weighted by atomic mass is 9.83. The van der Waals surface area contributed by atoms with Gasteiger partial charge in [0.15, 0.2) is 0 Å². The van der Waals surface area contributed by atoms with Crippen molar-refractivity contribution in [3.8, 4) is 5.75 Å². The molecule has 1 amide bonds. The summed E-state index contributed by atoms with van der Waals surface area (Å²) < 4.78 is 33.3. The van der Waals surface area contributed by atoms with Gasteiger partial charge in [-0.1, -0.05) is 38.1 Å². The summed E-state index contributed by atoms with van der Waals surface area (Å²) in [6, 6.07) is 17.6. The Labute approximate surface area is 199 Å². The summed E-state index contributed by atoms with van der Waals surface area (Å²) in [7, 11) is -2.11. The highest BCUT2D eigenvalue weighted by atomic mass is 32.2. The van der Waals surface area contributed by atoms with Crippen molar-refractivity contribution in [2.24, 2.45) is 0 Å². The molecule has 1 aromatic heterocycles. The number of carbonyl (C=O) groups is 1. The largest absolute Gasteiger partial charge is 0.487 e. The third kappa shape index (κ3) is 4.50. The van der Waals surface area contributed by atoms with E-state index in [2.05, 4.69) is 19.2 Å². The lowest BCUT2D eigenvalue weighted by Crippen LogP contribution is -2.44. The number of anilines is 1. The summed E-state index contributed by atoms with van der Waals surface area (Å²) in [5.41, 5.74) is 1.63. The maximum Gasteiger partial charge on any atom is 0.273 e. The molecule has 0 spiro atoms. The van der Waals surface area contributed by atoms with Crippen LogP contribution >= 0.6 is 11.3 Å². The number of carbonyl (C=O) groups excluding carboxylic acids is 1. The normalized spacial score (nSPS) is 17.0. The number of nitrogens with one attached hydrogen (secondary N) is 1. The topological polar surface area (TPSA) is 75.7 Å². The van der Waals surface area contributed by atoms with Gasteiger partial charge < -0.3 is 10.1 Å². The molecule has 0 fully saturated rings. The first-order chi connectivity index (χ1) is 15.8. The van der Waals surface area contributed by atoms with Crippen molar-refractivity contribution in [3.05, 3.63) is 77.2 Å². The number of benzene rings is 2. The summed E-state index contributed by atoms with van der Waals surface area (Å²) in [4.78, 5) is 13.1. The second kappa shape index (κ2) is 9.19. The van der Waals surface area contributed by atoms with Gasteiger partial charge in [-0.3, -0.25) is 9.10 Å². The van der Waals surface area contributed by atoms with Crippen LogP contribution in [0.2, 0.25) is 0 Å². The molecule has 3 aromatic rings. The minimum absolute atomic E-state index is 0.163. The van der Waals surface area contributed by atoms with E-state index in [4.69, 9.17) is 4.74 Å². The number of fused-ring (bicyclic) bond motifs is 1. The number of hydrogen-bond acceptors (Lipinski definition) is 5. The maximum absolute atomic E-state index is 13.1. The van der Waals surface area contributed by atoms with Crippen molar-refractivity contribution in [1.29, 1.82) is 0 Å². The van der Waals surface area contributed by atoms with Gasteiger partial charge in [-0.2, -0.15) is 0 Å². The lowest BCUT2D eigenvalue weighted by molar-refractivity contribution is 0.0227. The Morgan fingerprint density at radius 2 is 1.79 bits per heavy atom. The highest BCUT2D eigenvalue weighted by molar-refractivity contribution is 7.94. The Morgan fingerprint density at radius 1 is 1.09 bits per heavy atom. The van der Waals surface area contributed by atoms with Crippen molar-refractivity contribution >= 4 is 33.0 Å². The Hall–Kier alpha value is -2.84. The van der Waals surface area contributed by atoms with Crippen LogP contribution in [0.25, 0.3) is 0 Å². The molecule has 33 heavy (non-hydrogen) atoms. The highest BCUT2D eigenvalue weighted by Crippen LogP contribution is 2.42. The number of hydrogen-bond donors (Lipinski definition) is 1. The number of thiophene rings is 1. The number of rotatable bonds is 7. The molecule has 0 unspecified atom stereocenters. The van der Waals surface area contributed by atoms with Crippen molar-refractivity contribution in [2.75, 3.05) is 11.4 Å². The van der Waals surface area contributed by atoms with Crippen LogP contribution in [0.15, 0.2) is 70.3 Å². The van der Waals surface area contributed by atoms with E-state index in [1.807, 2.05) is 24.3 Å². The zero-order chi connectivity index (χ0) is 23.6. The fourth-order valence-corrected chi connectivity index (χ4v) is 6.53. The third-order valence-corrected chi connectivity index (χ3v) is 9.55. The molecule has 1 atom stereocenters. The standard InChI is InChI=1S/C25H28N2O4S2/c1-4-25(5-2)17-21(20-9-6-7-10-22(20)31-25)26-24(28)18-12-14-19(15-13-18)27(3)33(29,30)23-11-8-16-32-23/h6-16,21H,4-5,17H2,1-3H3,(H,26,28)/t21-/m1/s1. The van der Waals surface area contributed by atoms with Crippen LogP contribution in [0.5, 0.6) is 5.75 Å². The third-order valence-electron chi connectivity index (χ3n) is 6.39. The molecule has 1 aliphatic rings. The summed E-state index contributed by atoms with van der Waals surface area (Å²) in [6.45, 7) is 4.21. The number of nitrogens with zero attached hydrogens (tertiary/aromatic N) is 1. The van der Waals surface area contributed by atoms with Crippen LogP contribution in [0.3, 0.4) is 0 Å². The molecule has 1 aliphatic heterocycles. The average molecular weight is 485 g/mol. The summed E-state index contributed by atoms with van der Waals surface area (Å²) >= 11 is 1.17. The minimum atomic E-state index is -3.62. The van der Waals surface area contributed by atoms with Gasteiger partial charge in [0.1, 0.15) is 15.6 Å². The van der Waals surface area contributed by atoms with E-state index in [1.54, 1.807) is 41.8 Å². The minimum Gasteiger partial charge on any atom is -0.487 e. The van der Waals surface area contributed by atoms with Gasteiger partial charge in [0.25, 0.3) is 15.9 Å². The van der Waals surface area contributed by atoms with Crippen molar-refractivity contribution in [1.82, 2.24) is 5.32 Å². The molecule has 0 saturated heterocycles. The molecular formula is C25H28N2O4S2. The predicted octanol–water partition coefficient (Wildman–Crippen LogP) is 5.39. The van der Waals surface area contributed by atoms with Crippen LogP contribution in [-0.2, 0) is 10.0 Å².